The van der Waals surface area contributed by atoms with Crippen molar-refractivity contribution in [2.75, 3.05) is 0 Å². The first-order valence-corrected chi connectivity index (χ1v) is 4.57. The predicted molar refractivity (Wildman–Crippen MR) is 46.2 cm³/mol. The van der Waals surface area contributed by atoms with E-state index in [0.29, 0.717) is 12.0 Å². The minimum absolute atomic E-state index is 0.438. The highest BCUT2D eigenvalue weighted by Crippen LogP contribution is 2.32. The molecule has 66 valence electrons. The molecule has 1 aliphatic carbocycles. The van der Waals surface area contributed by atoms with Crippen LogP contribution >= 0.6 is 0 Å². The summed E-state index contributed by atoms with van der Waals surface area (Å²) in [5.74, 6) is 0.652. The van der Waals surface area contributed by atoms with E-state index < -0.39 is 5.72 Å². The monoisotopic (exact) mass is 157 g/mol. The second-order valence-corrected chi connectivity index (χ2v) is 3.85. The summed E-state index contributed by atoms with van der Waals surface area (Å²) in [6, 6.07) is 0.438. The van der Waals surface area contributed by atoms with Crippen LogP contribution in [0, 0.1) is 5.92 Å². The third kappa shape index (κ3) is 2.46. The molecule has 2 atom stereocenters. The van der Waals surface area contributed by atoms with E-state index >= 15 is 0 Å². The van der Waals surface area contributed by atoms with Gasteiger partial charge in [-0.2, -0.15) is 0 Å². The Morgan fingerprint density at radius 2 is 2.00 bits per heavy atom. The molecule has 0 aromatic rings. The fourth-order valence-electron chi connectivity index (χ4n) is 1.18. The van der Waals surface area contributed by atoms with Crippen LogP contribution in [-0.2, 0) is 0 Å². The standard InChI is InChI=1S/C9H19NO/c1-4-7(2)8(3)10-9(11)5-6-9/h7-8,10-11H,4-6H2,1-3H3/t7?,8-/m1/s1. The van der Waals surface area contributed by atoms with Gasteiger partial charge in [0.25, 0.3) is 0 Å². The smallest absolute Gasteiger partial charge is 0.116 e. The van der Waals surface area contributed by atoms with Crippen LogP contribution in [0.3, 0.4) is 0 Å². The lowest BCUT2D eigenvalue weighted by Crippen LogP contribution is -2.41. The fraction of sp³-hybridized carbons (Fsp3) is 1.00. The molecule has 1 unspecified atom stereocenters. The van der Waals surface area contributed by atoms with Crippen LogP contribution in [0.15, 0.2) is 0 Å². The SMILES string of the molecule is CCC(C)[C@@H](C)NC1(O)CC1. The van der Waals surface area contributed by atoms with E-state index in [2.05, 4.69) is 26.1 Å². The average molecular weight is 157 g/mol. The molecule has 0 heterocycles. The van der Waals surface area contributed by atoms with Crippen molar-refractivity contribution in [2.24, 2.45) is 5.92 Å². The number of hydrogen-bond donors (Lipinski definition) is 2. The van der Waals surface area contributed by atoms with Crippen molar-refractivity contribution in [3.05, 3.63) is 0 Å². The molecule has 1 saturated carbocycles. The van der Waals surface area contributed by atoms with Crippen molar-refractivity contribution in [2.45, 2.75) is 51.8 Å². The van der Waals surface area contributed by atoms with Gasteiger partial charge < -0.3 is 5.11 Å². The highest BCUT2D eigenvalue weighted by atomic mass is 16.3. The maximum atomic E-state index is 9.53. The molecule has 1 rings (SSSR count). The van der Waals surface area contributed by atoms with Gasteiger partial charge in [0.15, 0.2) is 0 Å². The Balaban J connectivity index is 2.25. The summed E-state index contributed by atoms with van der Waals surface area (Å²) in [6.07, 6.45) is 3.02. The van der Waals surface area contributed by atoms with Gasteiger partial charge in [-0.25, -0.2) is 0 Å². The molecule has 0 radical (unpaired) electrons. The van der Waals surface area contributed by atoms with Crippen molar-refractivity contribution < 1.29 is 5.11 Å². The summed E-state index contributed by atoms with van der Waals surface area (Å²) < 4.78 is 0. The van der Waals surface area contributed by atoms with E-state index in [0.717, 1.165) is 12.8 Å². The van der Waals surface area contributed by atoms with E-state index in [1.165, 1.54) is 6.42 Å². The highest BCUT2D eigenvalue weighted by Gasteiger charge is 2.41. The van der Waals surface area contributed by atoms with Crippen LogP contribution in [0.5, 0.6) is 0 Å². The van der Waals surface area contributed by atoms with Crippen molar-refractivity contribution in [3.63, 3.8) is 0 Å². The predicted octanol–water partition coefficient (Wildman–Crippen LogP) is 1.49. The molecular formula is C9H19NO. The Morgan fingerprint density at radius 3 is 2.36 bits per heavy atom. The molecule has 0 aliphatic heterocycles. The van der Waals surface area contributed by atoms with Gasteiger partial charge in [-0.1, -0.05) is 20.3 Å². The van der Waals surface area contributed by atoms with Crippen molar-refractivity contribution in [1.82, 2.24) is 5.32 Å². The van der Waals surface area contributed by atoms with Crippen LogP contribution in [0.4, 0.5) is 0 Å². The van der Waals surface area contributed by atoms with E-state index in [9.17, 15) is 5.11 Å². The fourth-order valence-corrected chi connectivity index (χ4v) is 1.18. The van der Waals surface area contributed by atoms with Crippen molar-refractivity contribution in [3.8, 4) is 0 Å². The van der Waals surface area contributed by atoms with E-state index in [4.69, 9.17) is 0 Å². The summed E-state index contributed by atoms with van der Waals surface area (Å²) in [5, 5.41) is 12.8. The second-order valence-electron chi connectivity index (χ2n) is 3.85. The zero-order valence-electron chi connectivity index (χ0n) is 7.72. The van der Waals surface area contributed by atoms with Gasteiger partial charge in [0.05, 0.1) is 0 Å². The first kappa shape index (κ1) is 9.01. The Kier molecular flexibility index (Phi) is 2.55. The molecule has 2 heteroatoms. The summed E-state index contributed by atoms with van der Waals surface area (Å²) in [6.45, 7) is 6.54. The molecule has 11 heavy (non-hydrogen) atoms. The Hall–Kier alpha value is -0.0800. The lowest BCUT2D eigenvalue weighted by Gasteiger charge is -2.23. The molecule has 0 saturated heterocycles. The molecule has 1 aliphatic rings. The highest BCUT2D eigenvalue weighted by molar-refractivity contribution is 4.92. The first-order valence-electron chi connectivity index (χ1n) is 4.57. The van der Waals surface area contributed by atoms with E-state index in [1.54, 1.807) is 0 Å². The molecule has 0 aromatic carbocycles. The zero-order chi connectivity index (χ0) is 8.48. The molecule has 2 N–H and O–H groups in total. The van der Waals surface area contributed by atoms with Crippen LogP contribution < -0.4 is 5.32 Å². The Labute approximate surface area is 69.0 Å². The molecular weight excluding hydrogens is 138 g/mol. The van der Waals surface area contributed by atoms with Gasteiger partial charge in [0, 0.05) is 6.04 Å². The van der Waals surface area contributed by atoms with Gasteiger partial charge in [-0.15, -0.1) is 0 Å². The van der Waals surface area contributed by atoms with Crippen LogP contribution in [-0.4, -0.2) is 16.9 Å². The van der Waals surface area contributed by atoms with E-state index in [1.807, 2.05) is 0 Å². The minimum atomic E-state index is -0.497. The summed E-state index contributed by atoms with van der Waals surface area (Å²) >= 11 is 0. The Morgan fingerprint density at radius 1 is 1.45 bits per heavy atom. The van der Waals surface area contributed by atoms with Gasteiger partial charge in [0.1, 0.15) is 5.72 Å². The topological polar surface area (TPSA) is 32.3 Å². The number of rotatable bonds is 4. The second kappa shape index (κ2) is 3.11. The molecule has 2 nitrogen and oxygen atoms in total. The third-order valence-corrected chi connectivity index (χ3v) is 2.72. The number of aliphatic hydroxyl groups is 1. The quantitative estimate of drug-likeness (QED) is 0.606. The molecule has 0 spiro atoms. The van der Waals surface area contributed by atoms with Gasteiger partial charge >= 0.3 is 0 Å². The van der Waals surface area contributed by atoms with Gasteiger partial charge in [-0.3, -0.25) is 5.32 Å². The zero-order valence-corrected chi connectivity index (χ0v) is 7.72. The maximum Gasteiger partial charge on any atom is 0.116 e. The number of nitrogens with one attached hydrogen (secondary N) is 1. The minimum Gasteiger partial charge on any atom is -0.376 e. The third-order valence-electron chi connectivity index (χ3n) is 2.72. The summed E-state index contributed by atoms with van der Waals surface area (Å²) in [7, 11) is 0. The number of hydrogen-bond acceptors (Lipinski definition) is 2. The average Bonchev–Trinajstić information content (AvgIpc) is 2.66. The van der Waals surface area contributed by atoms with Crippen LogP contribution in [0.25, 0.3) is 0 Å². The van der Waals surface area contributed by atoms with E-state index in [-0.39, 0.29) is 0 Å². The molecule has 1 fully saturated rings. The van der Waals surface area contributed by atoms with Crippen molar-refractivity contribution >= 4 is 0 Å². The first-order chi connectivity index (χ1) is 5.07. The molecule has 0 bridgehead atoms. The summed E-state index contributed by atoms with van der Waals surface area (Å²) in [5.41, 5.74) is -0.497. The normalized spacial score (nSPS) is 26.2. The lowest BCUT2D eigenvalue weighted by atomic mass is 10.0. The maximum absolute atomic E-state index is 9.53. The van der Waals surface area contributed by atoms with Crippen molar-refractivity contribution in [1.29, 1.82) is 0 Å². The van der Waals surface area contributed by atoms with Crippen LogP contribution in [0.1, 0.15) is 40.0 Å². The van der Waals surface area contributed by atoms with Gasteiger partial charge in [-0.05, 0) is 25.7 Å². The Bertz CT molecular complexity index is 132. The summed E-state index contributed by atoms with van der Waals surface area (Å²) in [4.78, 5) is 0. The van der Waals surface area contributed by atoms with Gasteiger partial charge in [0.2, 0.25) is 0 Å². The molecule has 0 amide bonds. The largest absolute Gasteiger partial charge is 0.376 e. The van der Waals surface area contributed by atoms with Crippen LogP contribution in [0.2, 0.25) is 0 Å². The lowest BCUT2D eigenvalue weighted by molar-refractivity contribution is 0.0891. The molecule has 0 aromatic heterocycles.